The minimum Gasteiger partial charge on any atom is -0.466 e. The van der Waals surface area contributed by atoms with Gasteiger partial charge in [-0.25, -0.2) is 14.8 Å². The summed E-state index contributed by atoms with van der Waals surface area (Å²) < 4.78 is 6.67. The first-order valence-electron chi connectivity index (χ1n) is 8.63. The number of carbonyl (C=O) groups excluding carboxylic acids is 1. The molecule has 0 spiro atoms. The molecule has 3 aromatic rings. The fourth-order valence-electron chi connectivity index (χ4n) is 3.07. The fraction of sp³-hybridized carbons (Fsp3) is 0.250. The number of hydrogen-bond acceptors (Lipinski definition) is 6. The second-order valence-corrected chi connectivity index (χ2v) is 6.17. The molecule has 0 aliphatic heterocycles. The van der Waals surface area contributed by atoms with Gasteiger partial charge < -0.3 is 20.1 Å². The Morgan fingerprint density at radius 3 is 2.70 bits per heavy atom. The van der Waals surface area contributed by atoms with Gasteiger partial charge in [-0.1, -0.05) is 29.8 Å². The van der Waals surface area contributed by atoms with Crippen LogP contribution in [0.3, 0.4) is 0 Å². The van der Waals surface area contributed by atoms with Gasteiger partial charge in [0.2, 0.25) is 0 Å². The Hall–Kier alpha value is -3.19. The number of aryl methyl sites for hydroxylation is 2. The lowest BCUT2D eigenvalue weighted by atomic mass is 10.0. The topological polar surface area (TPSA) is 103 Å². The van der Waals surface area contributed by atoms with Gasteiger partial charge in [-0.15, -0.1) is 0 Å². The number of benzene rings is 1. The Labute approximate surface area is 157 Å². The first-order valence-corrected chi connectivity index (χ1v) is 8.63. The van der Waals surface area contributed by atoms with Crippen LogP contribution in [-0.2, 0) is 16.1 Å². The van der Waals surface area contributed by atoms with Crippen molar-refractivity contribution < 1.29 is 14.6 Å². The molecule has 0 bridgehead atoms. The predicted molar refractivity (Wildman–Crippen MR) is 105 cm³/mol. The lowest BCUT2D eigenvalue weighted by molar-refractivity contribution is -0.134. The number of aromatic nitrogens is 3. The zero-order chi connectivity index (χ0) is 19.4. The van der Waals surface area contributed by atoms with Crippen molar-refractivity contribution in [3.63, 3.8) is 0 Å². The van der Waals surface area contributed by atoms with Crippen LogP contribution >= 0.6 is 0 Å². The van der Waals surface area contributed by atoms with Crippen molar-refractivity contribution in [1.82, 2.24) is 14.5 Å². The van der Waals surface area contributed by atoms with Crippen LogP contribution in [0.2, 0.25) is 0 Å². The maximum absolute atomic E-state index is 11.7. The van der Waals surface area contributed by atoms with Crippen molar-refractivity contribution in [2.75, 3.05) is 19.5 Å². The van der Waals surface area contributed by atoms with Gasteiger partial charge >= 0.3 is 5.97 Å². The monoisotopic (exact) mass is 366 g/mol. The van der Waals surface area contributed by atoms with E-state index in [2.05, 4.69) is 9.97 Å². The van der Waals surface area contributed by atoms with Gasteiger partial charge in [-0.2, -0.15) is 0 Å². The number of esters is 1. The van der Waals surface area contributed by atoms with Gasteiger partial charge in [0.15, 0.2) is 0 Å². The maximum Gasteiger partial charge on any atom is 0.330 e. The number of fused-ring (bicyclic) bond motifs is 1. The van der Waals surface area contributed by atoms with Crippen molar-refractivity contribution in [1.29, 1.82) is 0 Å². The zero-order valence-electron chi connectivity index (χ0n) is 15.3. The number of rotatable bonds is 6. The number of nitrogen functional groups attached to an aromatic ring is 1. The highest BCUT2D eigenvalue weighted by Crippen LogP contribution is 2.37. The molecule has 0 radical (unpaired) electrons. The third-order valence-electron chi connectivity index (χ3n) is 4.37. The standard InChI is InChI=1S/C20H22N4O3/c1-13-4-6-14(7-5-13)17-15(8-9-16(26)27-2)24(10-3-11-25)20-18(17)19(21)22-12-23-20/h4-9,12,25H,3,10-11H2,1-2H3,(H2,21,22,23). The number of aliphatic hydroxyl groups excluding tert-OH is 1. The number of aliphatic hydroxyl groups is 1. The number of ether oxygens (including phenoxy) is 1. The van der Waals surface area contributed by atoms with Gasteiger partial charge in [0, 0.05) is 24.8 Å². The van der Waals surface area contributed by atoms with Crippen LogP contribution < -0.4 is 5.73 Å². The lowest BCUT2D eigenvalue weighted by Crippen LogP contribution is -2.04. The molecular formula is C20H22N4O3. The molecule has 0 amide bonds. The molecule has 0 unspecified atom stereocenters. The summed E-state index contributed by atoms with van der Waals surface area (Å²) in [7, 11) is 1.33. The highest BCUT2D eigenvalue weighted by Gasteiger charge is 2.20. The van der Waals surface area contributed by atoms with Gasteiger partial charge in [-0.3, -0.25) is 0 Å². The smallest absolute Gasteiger partial charge is 0.330 e. The summed E-state index contributed by atoms with van der Waals surface area (Å²) in [5.41, 5.74) is 10.5. The molecule has 7 nitrogen and oxygen atoms in total. The number of nitrogens with two attached hydrogens (primary N) is 1. The van der Waals surface area contributed by atoms with Crippen LogP contribution in [0.25, 0.3) is 28.2 Å². The number of methoxy groups -OCH3 is 1. The Balaban J connectivity index is 2.33. The van der Waals surface area contributed by atoms with Crippen LogP contribution in [0.1, 0.15) is 17.7 Å². The van der Waals surface area contributed by atoms with Crippen molar-refractivity contribution in [2.24, 2.45) is 0 Å². The van der Waals surface area contributed by atoms with Crippen LogP contribution in [0.5, 0.6) is 0 Å². The second-order valence-electron chi connectivity index (χ2n) is 6.17. The first kappa shape index (κ1) is 18.6. The van der Waals surface area contributed by atoms with Crippen LogP contribution in [0, 0.1) is 6.92 Å². The zero-order valence-corrected chi connectivity index (χ0v) is 15.3. The summed E-state index contributed by atoms with van der Waals surface area (Å²) in [4.78, 5) is 20.2. The lowest BCUT2D eigenvalue weighted by Gasteiger charge is -2.08. The minimum absolute atomic E-state index is 0.0419. The first-order chi connectivity index (χ1) is 13.1. The highest BCUT2D eigenvalue weighted by molar-refractivity contribution is 6.05. The summed E-state index contributed by atoms with van der Waals surface area (Å²) in [6, 6.07) is 8.03. The predicted octanol–water partition coefficient (Wildman–Crippen LogP) is 2.56. The van der Waals surface area contributed by atoms with E-state index in [0.29, 0.717) is 24.4 Å². The van der Waals surface area contributed by atoms with Crippen LogP contribution in [-0.4, -0.2) is 39.3 Å². The Morgan fingerprint density at radius 2 is 2.04 bits per heavy atom. The van der Waals surface area contributed by atoms with E-state index in [0.717, 1.165) is 27.8 Å². The molecule has 3 rings (SSSR count). The molecule has 1 aromatic carbocycles. The van der Waals surface area contributed by atoms with E-state index in [4.69, 9.17) is 10.5 Å². The van der Waals surface area contributed by atoms with Crippen LogP contribution in [0.4, 0.5) is 5.82 Å². The Bertz CT molecular complexity index is 991. The molecule has 7 heteroatoms. The third kappa shape index (κ3) is 3.68. The molecule has 0 atom stereocenters. The van der Waals surface area contributed by atoms with E-state index in [1.54, 1.807) is 6.08 Å². The van der Waals surface area contributed by atoms with E-state index >= 15 is 0 Å². The maximum atomic E-state index is 11.7. The van der Waals surface area contributed by atoms with Crippen molar-refractivity contribution in [3.05, 3.63) is 47.9 Å². The fourth-order valence-corrected chi connectivity index (χ4v) is 3.07. The molecular weight excluding hydrogens is 344 g/mol. The van der Waals surface area contributed by atoms with Crippen molar-refractivity contribution in [3.8, 4) is 11.1 Å². The van der Waals surface area contributed by atoms with E-state index in [1.807, 2.05) is 35.8 Å². The molecule has 0 aliphatic rings. The van der Waals surface area contributed by atoms with Gasteiger partial charge in [-0.05, 0) is 25.0 Å². The third-order valence-corrected chi connectivity index (χ3v) is 4.37. The van der Waals surface area contributed by atoms with E-state index in [9.17, 15) is 9.90 Å². The van der Waals surface area contributed by atoms with E-state index in [-0.39, 0.29) is 6.61 Å². The van der Waals surface area contributed by atoms with Gasteiger partial charge in [0.05, 0.1) is 18.2 Å². The second kappa shape index (κ2) is 8.01. The quantitative estimate of drug-likeness (QED) is 0.513. The molecule has 2 heterocycles. The number of nitrogens with zero attached hydrogens (tertiary/aromatic N) is 3. The van der Waals surface area contributed by atoms with Gasteiger partial charge in [0.1, 0.15) is 17.8 Å². The Kier molecular flexibility index (Phi) is 5.52. The summed E-state index contributed by atoms with van der Waals surface area (Å²) in [6.07, 6.45) is 5.02. The van der Waals surface area contributed by atoms with E-state index in [1.165, 1.54) is 19.5 Å². The average Bonchev–Trinajstić information content (AvgIpc) is 2.99. The highest BCUT2D eigenvalue weighted by atomic mass is 16.5. The SMILES string of the molecule is COC(=O)C=Cc1c(-c2ccc(C)cc2)c2c(N)ncnc2n1CCCO. The molecule has 140 valence electrons. The molecule has 0 aliphatic carbocycles. The van der Waals surface area contributed by atoms with Crippen molar-refractivity contribution >= 4 is 28.9 Å². The molecule has 0 fully saturated rings. The summed E-state index contributed by atoms with van der Waals surface area (Å²) >= 11 is 0. The molecule has 2 aromatic heterocycles. The average molecular weight is 366 g/mol. The van der Waals surface area contributed by atoms with E-state index < -0.39 is 5.97 Å². The Morgan fingerprint density at radius 1 is 1.30 bits per heavy atom. The molecule has 3 N–H and O–H groups in total. The largest absolute Gasteiger partial charge is 0.466 e. The number of anilines is 1. The van der Waals surface area contributed by atoms with Crippen molar-refractivity contribution in [2.45, 2.75) is 19.9 Å². The molecule has 0 saturated heterocycles. The molecule has 0 saturated carbocycles. The number of carbonyl (C=O) groups is 1. The minimum atomic E-state index is -0.456. The summed E-state index contributed by atoms with van der Waals surface area (Å²) in [5.74, 6) is -0.0890. The molecule has 27 heavy (non-hydrogen) atoms. The summed E-state index contributed by atoms with van der Waals surface area (Å²) in [5, 5.41) is 10.0. The van der Waals surface area contributed by atoms with Crippen LogP contribution in [0.15, 0.2) is 36.7 Å². The summed E-state index contributed by atoms with van der Waals surface area (Å²) in [6.45, 7) is 2.58. The normalized spacial score (nSPS) is 11.4. The van der Waals surface area contributed by atoms with Gasteiger partial charge in [0.25, 0.3) is 0 Å². The number of hydrogen-bond donors (Lipinski definition) is 2.